The third-order valence-electron chi connectivity index (χ3n) is 4.59. The molecule has 0 atom stereocenters. The molecule has 1 aromatic carbocycles. The molecule has 0 fully saturated rings. The normalized spacial score (nSPS) is 11.1. The van der Waals surface area contributed by atoms with E-state index in [9.17, 15) is 9.18 Å². The number of nitrogens with zero attached hydrogens (tertiary/aromatic N) is 5. The highest BCUT2D eigenvalue weighted by atomic mass is 32.2. The van der Waals surface area contributed by atoms with Crippen molar-refractivity contribution in [1.29, 1.82) is 0 Å². The molecule has 0 saturated heterocycles. The molecule has 0 bridgehead atoms. The summed E-state index contributed by atoms with van der Waals surface area (Å²) in [5.74, 6) is 0.590. The number of tetrazole rings is 1. The van der Waals surface area contributed by atoms with E-state index in [1.54, 1.807) is 18.4 Å². The van der Waals surface area contributed by atoms with Gasteiger partial charge in [0.1, 0.15) is 11.6 Å². The van der Waals surface area contributed by atoms with Crippen LogP contribution in [0.3, 0.4) is 0 Å². The summed E-state index contributed by atoms with van der Waals surface area (Å²) in [6.45, 7) is 4.46. The molecule has 0 saturated carbocycles. The molecule has 7 nitrogen and oxygen atoms in total. The second-order valence-corrected chi connectivity index (χ2v) is 7.46. The summed E-state index contributed by atoms with van der Waals surface area (Å²) in [4.78, 5) is 12.8. The summed E-state index contributed by atoms with van der Waals surface area (Å²) >= 11 is 1.21. The summed E-state index contributed by atoms with van der Waals surface area (Å²) < 4.78 is 22.4. The first-order valence-electron chi connectivity index (χ1n) is 8.92. The van der Waals surface area contributed by atoms with Crippen LogP contribution in [0, 0.1) is 19.7 Å². The molecule has 3 heterocycles. The van der Waals surface area contributed by atoms with Crippen LogP contribution in [0.2, 0.25) is 0 Å². The molecule has 0 spiro atoms. The molecule has 4 aromatic rings. The lowest BCUT2D eigenvalue weighted by atomic mass is 10.2. The van der Waals surface area contributed by atoms with Gasteiger partial charge in [-0.1, -0.05) is 17.8 Å². The maximum Gasteiger partial charge on any atom is 0.214 e. The van der Waals surface area contributed by atoms with E-state index >= 15 is 0 Å². The van der Waals surface area contributed by atoms with Gasteiger partial charge in [-0.2, -0.15) is 4.68 Å². The lowest BCUT2D eigenvalue weighted by Gasteiger charge is -2.08. The van der Waals surface area contributed by atoms with Crippen LogP contribution in [0.4, 0.5) is 4.39 Å². The fourth-order valence-corrected chi connectivity index (χ4v) is 3.91. The zero-order valence-electron chi connectivity index (χ0n) is 15.9. The monoisotopic (exact) mass is 411 g/mol. The molecule has 0 amide bonds. The fourth-order valence-electron chi connectivity index (χ4n) is 3.13. The predicted molar refractivity (Wildman–Crippen MR) is 106 cm³/mol. The summed E-state index contributed by atoms with van der Waals surface area (Å²) in [6, 6.07) is 11.6. The quantitative estimate of drug-likeness (QED) is 0.340. The minimum Gasteiger partial charge on any atom is -0.467 e. The SMILES string of the molecule is Cc1cc(C(=O)CSc2nnnn2-c2cccc(F)c2)c(C)n1Cc1ccco1. The average Bonchev–Trinajstić information content (AvgIpc) is 3.44. The zero-order chi connectivity index (χ0) is 20.4. The van der Waals surface area contributed by atoms with Crippen LogP contribution < -0.4 is 0 Å². The molecule has 0 radical (unpaired) electrons. The second kappa shape index (κ2) is 8.04. The third-order valence-corrected chi connectivity index (χ3v) is 5.51. The van der Waals surface area contributed by atoms with E-state index in [1.165, 1.54) is 28.6 Å². The number of halogens is 1. The van der Waals surface area contributed by atoms with Gasteiger partial charge in [-0.15, -0.1) is 5.10 Å². The average molecular weight is 411 g/mol. The highest BCUT2D eigenvalue weighted by molar-refractivity contribution is 7.99. The van der Waals surface area contributed by atoms with Crippen LogP contribution in [0.25, 0.3) is 5.69 Å². The number of rotatable bonds is 7. The van der Waals surface area contributed by atoms with Crippen LogP contribution in [0.15, 0.2) is 58.3 Å². The van der Waals surface area contributed by atoms with Crippen LogP contribution in [-0.2, 0) is 6.54 Å². The molecule has 0 aliphatic carbocycles. The molecule has 148 valence electrons. The minimum absolute atomic E-state index is 0.0254. The highest BCUT2D eigenvalue weighted by Crippen LogP contribution is 2.23. The zero-order valence-corrected chi connectivity index (χ0v) is 16.7. The van der Waals surface area contributed by atoms with Gasteiger partial charge in [0.05, 0.1) is 24.2 Å². The molecule has 0 aliphatic rings. The van der Waals surface area contributed by atoms with Crippen molar-refractivity contribution in [2.45, 2.75) is 25.5 Å². The van der Waals surface area contributed by atoms with Crippen LogP contribution in [0.1, 0.15) is 27.5 Å². The van der Waals surface area contributed by atoms with Crippen molar-refractivity contribution in [1.82, 2.24) is 24.8 Å². The Labute approximate surface area is 170 Å². The number of aryl methyl sites for hydroxylation is 1. The molecule has 4 rings (SSSR count). The number of thioether (sulfide) groups is 1. The van der Waals surface area contributed by atoms with Crippen molar-refractivity contribution in [3.8, 4) is 5.69 Å². The van der Waals surface area contributed by atoms with Crippen molar-refractivity contribution in [3.05, 3.63) is 77.3 Å². The third kappa shape index (κ3) is 4.00. The highest BCUT2D eigenvalue weighted by Gasteiger charge is 2.18. The first-order chi connectivity index (χ1) is 14.0. The van der Waals surface area contributed by atoms with E-state index in [4.69, 9.17) is 4.42 Å². The smallest absolute Gasteiger partial charge is 0.214 e. The van der Waals surface area contributed by atoms with Crippen molar-refractivity contribution in [2.24, 2.45) is 0 Å². The van der Waals surface area contributed by atoms with E-state index < -0.39 is 0 Å². The maximum atomic E-state index is 13.5. The number of carbonyl (C=O) groups is 1. The first-order valence-corrected chi connectivity index (χ1v) is 9.91. The largest absolute Gasteiger partial charge is 0.467 e. The summed E-state index contributed by atoms with van der Waals surface area (Å²) in [6.07, 6.45) is 1.63. The Kier molecular flexibility index (Phi) is 5.30. The minimum atomic E-state index is -0.381. The summed E-state index contributed by atoms with van der Waals surface area (Å²) in [5.41, 5.74) is 3.03. The lowest BCUT2D eigenvalue weighted by Crippen LogP contribution is -2.08. The van der Waals surface area contributed by atoms with E-state index in [0.29, 0.717) is 23.0 Å². The molecular weight excluding hydrogens is 393 g/mol. The molecule has 0 N–H and O–H groups in total. The Hall–Kier alpha value is -3.20. The van der Waals surface area contributed by atoms with Crippen LogP contribution in [-0.4, -0.2) is 36.3 Å². The van der Waals surface area contributed by atoms with Crippen LogP contribution in [0.5, 0.6) is 0 Å². The van der Waals surface area contributed by atoms with Gasteiger partial charge >= 0.3 is 0 Å². The topological polar surface area (TPSA) is 78.7 Å². The van der Waals surface area contributed by atoms with Gasteiger partial charge in [-0.25, -0.2) is 4.39 Å². The number of Topliss-reactive ketones (excluding diaryl/α,β-unsaturated/α-hetero) is 1. The van der Waals surface area contributed by atoms with Crippen LogP contribution >= 0.6 is 11.8 Å². The number of ketones is 1. The van der Waals surface area contributed by atoms with E-state index in [1.807, 2.05) is 36.6 Å². The van der Waals surface area contributed by atoms with Gasteiger partial charge in [0.15, 0.2) is 5.78 Å². The Bertz CT molecular complexity index is 1150. The molecule has 29 heavy (non-hydrogen) atoms. The lowest BCUT2D eigenvalue weighted by molar-refractivity contribution is 0.102. The van der Waals surface area contributed by atoms with Gasteiger partial charge in [0.2, 0.25) is 5.16 Å². The van der Waals surface area contributed by atoms with Gasteiger partial charge in [-0.3, -0.25) is 4.79 Å². The van der Waals surface area contributed by atoms with Gasteiger partial charge < -0.3 is 8.98 Å². The fraction of sp³-hybridized carbons (Fsp3) is 0.200. The first kappa shape index (κ1) is 19.1. The summed E-state index contributed by atoms with van der Waals surface area (Å²) in [7, 11) is 0. The maximum absolute atomic E-state index is 13.5. The van der Waals surface area contributed by atoms with Gasteiger partial charge in [0.25, 0.3) is 0 Å². The van der Waals surface area contributed by atoms with E-state index in [2.05, 4.69) is 15.5 Å². The molecule has 3 aromatic heterocycles. The van der Waals surface area contributed by atoms with Gasteiger partial charge in [-0.05, 0) is 60.7 Å². The number of benzene rings is 1. The Morgan fingerprint density at radius 3 is 2.83 bits per heavy atom. The molecule has 0 aliphatic heterocycles. The number of aromatic nitrogens is 5. The second-order valence-electron chi connectivity index (χ2n) is 6.52. The Morgan fingerprint density at radius 1 is 1.21 bits per heavy atom. The Balaban J connectivity index is 1.50. The molecule has 0 unspecified atom stereocenters. The number of furan rings is 1. The van der Waals surface area contributed by atoms with Crippen molar-refractivity contribution < 1.29 is 13.6 Å². The van der Waals surface area contributed by atoms with Crippen molar-refractivity contribution in [2.75, 3.05) is 5.75 Å². The van der Waals surface area contributed by atoms with Gasteiger partial charge in [0, 0.05) is 17.0 Å². The summed E-state index contributed by atoms with van der Waals surface area (Å²) in [5, 5.41) is 11.9. The number of hydrogen-bond acceptors (Lipinski definition) is 6. The van der Waals surface area contributed by atoms with Crippen molar-refractivity contribution in [3.63, 3.8) is 0 Å². The van der Waals surface area contributed by atoms with E-state index in [0.717, 1.165) is 17.1 Å². The molecular formula is C20H18FN5O2S. The predicted octanol–water partition coefficient (Wildman–Crippen LogP) is 3.84. The number of carbonyl (C=O) groups excluding carboxylic acids is 1. The van der Waals surface area contributed by atoms with Crippen molar-refractivity contribution >= 4 is 17.5 Å². The van der Waals surface area contributed by atoms with E-state index in [-0.39, 0.29) is 17.4 Å². The molecule has 9 heteroatoms. The standard InChI is InChI=1S/C20H18FN5O2S/c1-13-9-18(14(2)25(13)11-17-7-4-8-28-17)19(27)12-29-20-22-23-24-26(20)16-6-3-5-15(21)10-16/h3-10H,11-12H2,1-2H3. The Morgan fingerprint density at radius 2 is 2.07 bits per heavy atom. The number of hydrogen-bond donors (Lipinski definition) is 0.